The van der Waals surface area contributed by atoms with E-state index in [9.17, 15) is 13.6 Å². The molecule has 1 saturated heterocycles. The number of likely N-dealkylation sites (tertiary alicyclic amines) is 1. The van der Waals surface area contributed by atoms with E-state index >= 15 is 0 Å². The summed E-state index contributed by atoms with van der Waals surface area (Å²) in [6, 6.07) is 8.44. The van der Waals surface area contributed by atoms with Crippen LogP contribution in [0.1, 0.15) is 51.0 Å². The van der Waals surface area contributed by atoms with Gasteiger partial charge in [0.1, 0.15) is 6.04 Å². The van der Waals surface area contributed by atoms with Crippen LogP contribution in [-0.4, -0.2) is 23.3 Å². The molecule has 0 bridgehead atoms. The Morgan fingerprint density at radius 3 is 2.41 bits per heavy atom. The number of unbranched alkanes of at least 4 members (excludes halogenated alkanes) is 4. The Labute approximate surface area is 131 Å². The monoisotopic (exact) mass is 309 g/mol. The molecule has 0 unspecified atom stereocenters. The zero-order chi connectivity index (χ0) is 15.9. The van der Waals surface area contributed by atoms with Crippen LogP contribution in [0.5, 0.6) is 0 Å². The van der Waals surface area contributed by atoms with E-state index in [0.717, 1.165) is 31.2 Å². The summed E-state index contributed by atoms with van der Waals surface area (Å²) in [6.45, 7) is 2.44. The van der Waals surface area contributed by atoms with E-state index in [1.54, 1.807) is 0 Å². The van der Waals surface area contributed by atoms with E-state index in [0.29, 0.717) is 13.0 Å². The van der Waals surface area contributed by atoms with Gasteiger partial charge in [0.05, 0.1) is 5.92 Å². The lowest BCUT2D eigenvalue weighted by Gasteiger charge is -2.47. The highest BCUT2D eigenvalue weighted by Gasteiger charge is 2.51. The van der Waals surface area contributed by atoms with Gasteiger partial charge < -0.3 is 4.90 Å². The Hall–Kier alpha value is -1.45. The number of carbonyl (C=O) groups is 1. The van der Waals surface area contributed by atoms with Gasteiger partial charge in [0.25, 0.3) is 6.43 Å². The summed E-state index contributed by atoms with van der Waals surface area (Å²) in [5.74, 6) is -0.588. The second-order valence-corrected chi connectivity index (χ2v) is 6.09. The van der Waals surface area contributed by atoms with Crippen LogP contribution in [0.15, 0.2) is 30.3 Å². The van der Waals surface area contributed by atoms with Gasteiger partial charge in [-0.2, -0.15) is 0 Å². The lowest BCUT2D eigenvalue weighted by atomic mass is 9.82. The van der Waals surface area contributed by atoms with Crippen molar-refractivity contribution in [2.75, 3.05) is 0 Å². The van der Waals surface area contributed by atoms with Gasteiger partial charge in [-0.05, 0) is 12.0 Å². The van der Waals surface area contributed by atoms with Gasteiger partial charge >= 0.3 is 0 Å². The number of rotatable bonds is 9. The summed E-state index contributed by atoms with van der Waals surface area (Å²) in [4.78, 5) is 13.5. The first-order valence-corrected chi connectivity index (χ1v) is 8.27. The van der Waals surface area contributed by atoms with Crippen LogP contribution in [0.3, 0.4) is 0 Å². The lowest BCUT2D eigenvalue weighted by molar-refractivity contribution is -0.169. The summed E-state index contributed by atoms with van der Waals surface area (Å²) >= 11 is 0. The third kappa shape index (κ3) is 4.05. The third-order valence-corrected chi connectivity index (χ3v) is 4.45. The average molecular weight is 309 g/mol. The third-order valence-electron chi connectivity index (χ3n) is 4.45. The van der Waals surface area contributed by atoms with Crippen molar-refractivity contribution in [1.82, 2.24) is 4.90 Å². The summed E-state index contributed by atoms with van der Waals surface area (Å²) in [5, 5.41) is 0. The molecule has 0 radical (unpaired) electrons. The summed E-state index contributed by atoms with van der Waals surface area (Å²) in [5.41, 5.74) is 0.905. The van der Waals surface area contributed by atoms with Gasteiger partial charge in [0.2, 0.25) is 5.91 Å². The second kappa shape index (κ2) is 8.25. The number of hydrogen-bond donors (Lipinski definition) is 0. The molecule has 0 spiro atoms. The van der Waals surface area contributed by atoms with Crippen molar-refractivity contribution in [1.29, 1.82) is 0 Å². The van der Waals surface area contributed by atoms with Crippen LogP contribution in [-0.2, 0) is 11.3 Å². The minimum atomic E-state index is -2.46. The molecular weight excluding hydrogens is 284 g/mol. The summed E-state index contributed by atoms with van der Waals surface area (Å²) in [7, 11) is 0. The van der Waals surface area contributed by atoms with Crippen molar-refractivity contribution in [3.05, 3.63) is 35.9 Å². The molecule has 1 aromatic rings. The number of carbonyl (C=O) groups excluding carboxylic acids is 1. The Morgan fingerprint density at radius 2 is 1.77 bits per heavy atom. The fourth-order valence-corrected chi connectivity index (χ4v) is 3.18. The van der Waals surface area contributed by atoms with Gasteiger partial charge in [-0.25, -0.2) is 8.78 Å². The fraction of sp³-hybridized carbons (Fsp3) is 0.611. The number of β-lactam (4-membered cyclic amide) rings is 1. The predicted molar refractivity (Wildman–Crippen MR) is 83.7 cm³/mol. The highest BCUT2D eigenvalue weighted by molar-refractivity contribution is 5.86. The first-order chi connectivity index (χ1) is 10.6. The normalized spacial score (nSPS) is 21.3. The van der Waals surface area contributed by atoms with Crippen molar-refractivity contribution in [2.24, 2.45) is 5.92 Å². The average Bonchev–Trinajstić information content (AvgIpc) is 2.52. The van der Waals surface area contributed by atoms with Crippen molar-refractivity contribution in [2.45, 2.75) is 64.5 Å². The number of alkyl halides is 2. The van der Waals surface area contributed by atoms with E-state index in [-0.39, 0.29) is 5.91 Å². The van der Waals surface area contributed by atoms with Crippen LogP contribution < -0.4 is 0 Å². The predicted octanol–water partition coefficient (Wildman–Crippen LogP) is 4.64. The molecule has 2 atom stereocenters. The molecule has 0 aliphatic carbocycles. The maximum Gasteiger partial charge on any atom is 0.259 e. The molecular formula is C18H25F2NO. The SMILES string of the molecule is CCCCCCC[C@H]1C(=O)N(Cc2ccccc2)[C@@H]1C(F)F. The minimum absolute atomic E-state index is 0.107. The minimum Gasteiger partial charge on any atom is -0.329 e. The van der Waals surface area contributed by atoms with Crippen molar-refractivity contribution in [3.8, 4) is 0 Å². The second-order valence-electron chi connectivity index (χ2n) is 6.09. The van der Waals surface area contributed by atoms with Gasteiger partial charge in [-0.15, -0.1) is 0 Å². The Morgan fingerprint density at radius 1 is 1.09 bits per heavy atom. The van der Waals surface area contributed by atoms with Crippen LogP contribution in [0, 0.1) is 5.92 Å². The highest BCUT2D eigenvalue weighted by atomic mass is 19.3. The topological polar surface area (TPSA) is 20.3 Å². The zero-order valence-corrected chi connectivity index (χ0v) is 13.2. The lowest BCUT2D eigenvalue weighted by Crippen LogP contribution is -2.63. The van der Waals surface area contributed by atoms with E-state index < -0.39 is 18.4 Å². The molecule has 1 aliphatic heterocycles. The Kier molecular flexibility index (Phi) is 6.34. The van der Waals surface area contributed by atoms with Gasteiger partial charge in [0, 0.05) is 6.54 Å². The van der Waals surface area contributed by atoms with E-state index in [4.69, 9.17) is 0 Å². The van der Waals surface area contributed by atoms with Crippen molar-refractivity contribution >= 4 is 5.91 Å². The number of nitrogens with zero attached hydrogens (tertiary/aromatic N) is 1. The van der Waals surface area contributed by atoms with E-state index in [2.05, 4.69) is 6.92 Å². The van der Waals surface area contributed by atoms with Gasteiger partial charge in [-0.1, -0.05) is 69.4 Å². The standard InChI is InChI=1S/C18H25F2NO/c1-2-3-4-5-9-12-15-16(17(19)20)21(18(15)22)13-14-10-7-6-8-11-14/h6-8,10-11,15-17H,2-5,9,12-13H2,1H3/t15-,16+/m1/s1. The molecule has 0 aromatic heterocycles. The Bertz CT molecular complexity index is 463. The maximum absolute atomic E-state index is 13.3. The molecule has 1 aliphatic rings. The largest absolute Gasteiger partial charge is 0.329 e. The van der Waals surface area contributed by atoms with Gasteiger partial charge in [-0.3, -0.25) is 4.79 Å². The summed E-state index contributed by atoms with van der Waals surface area (Å²) in [6.07, 6.45) is 3.52. The molecule has 0 saturated carbocycles. The van der Waals surface area contributed by atoms with Crippen LogP contribution >= 0.6 is 0 Å². The molecule has 1 amide bonds. The molecule has 0 N–H and O–H groups in total. The molecule has 122 valence electrons. The van der Waals surface area contributed by atoms with E-state index in [1.165, 1.54) is 11.3 Å². The first-order valence-electron chi connectivity index (χ1n) is 8.27. The quantitative estimate of drug-likeness (QED) is 0.481. The first kappa shape index (κ1) is 16.9. The van der Waals surface area contributed by atoms with E-state index in [1.807, 2.05) is 30.3 Å². The summed E-state index contributed by atoms with van der Waals surface area (Å²) < 4.78 is 26.6. The molecule has 1 heterocycles. The molecule has 22 heavy (non-hydrogen) atoms. The molecule has 2 rings (SSSR count). The Balaban J connectivity index is 1.86. The van der Waals surface area contributed by atoms with Gasteiger partial charge in [0.15, 0.2) is 0 Å². The number of benzene rings is 1. The smallest absolute Gasteiger partial charge is 0.259 e. The number of hydrogen-bond acceptors (Lipinski definition) is 1. The number of amides is 1. The number of halogens is 2. The van der Waals surface area contributed by atoms with Crippen LogP contribution in [0.4, 0.5) is 8.78 Å². The van der Waals surface area contributed by atoms with Crippen LogP contribution in [0.2, 0.25) is 0 Å². The fourth-order valence-electron chi connectivity index (χ4n) is 3.18. The highest BCUT2D eigenvalue weighted by Crippen LogP contribution is 2.36. The van der Waals surface area contributed by atoms with Crippen LogP contribution in [0.25, 0.3) is 0 Å². The maximum atomic E-state index is 13.3. The zero-order valence-electron chi connectivity index (χ0n) is 13.2. The molecule has 2 nitrogen and oxygen atoms in total. The van der Waals surface area contributed by atoms with Crippen molar-refractivity contribution in [3.63, 3.8) is 0 Å². The molecule has 1 aromatic carbocycles. The molecule has 4 heteroatoms. The van der Waals surface area contributed by atoms with Crippen molar-refractivity contribution < 1.29 is 13.6 Å². The molecule has 1 fully saturated rings.